The van der Waals surface area contributed by atoms with E-state index in [0.29, 0.717) is 0 Å². The summed E-state index contributed by atoms with van der Waals surface area (Å²) in [7, 11) is 0. The average Bonchev–Trinajstić information content (AvgIpc) is 3.19. The highest BCUT2D eigenvalue weighted by atomic mass is 32.1. The van der Waals surface area contributed by atoms with Gasteiger partial charge >= 0.3 is 0 Å². The van der Waals surface area contributed by atoms with Gasteiger partial charge in [-0.3, -0.25) is 4.79 Å². The zero-order chi connectivity index (χ0) is 17.1. The van der Waals surface area contributed by atoms with Gasteiger partial charge in [0.25, 0.3) is 0 Å². The van der Waals surface area contributed by atoms with E-state index in [0.717, 1.165) is 34.1 Å². The average molecular weight is 340 g/mol. The second-order valence-electron chi connectivity index (χ2n) is 5.78. The topological polar surface area (TPSA) is 59.8 Å². The molecule has 0 saturated heterocycles. The van der Waals surface area contributed by atoms with Crippen molar-refractivity contribution in [3.05, 3.63) is 52.9 Å². The molecule has 0 saturated carbocycles. The molecule has 0 radical (unpaired) electrons. The maximum absolute atomic E-state index is 12.2. The van der Waals surface area contributed by atoms with Crippen LogP contribution in [-0.2, 0) is 17.8 Å². The summed E-state index contributed by atoms with van der Waals surface area (Å²) >= 11 is 1.58. The number of imidazole rings is 1. The van der Waals surface area contributed by atoms with Crippen LogP contribution in [0.1, 0.15) is 23.7 Å². The summed E-state index contributed by atoms with van der Waals surface area (Å²) in [6, 6.07) is 5.91. The molecule has 0 aliphatic rings. The summed E-state index contributed by atoms with van der Waals surface area (Å²) in [5.74, 6) is -0.0735. The van der Waals surface area contributed by atoms with E-state index < -0.39 is 0 Å². The van der Waals surface area contributed by atoms with Crippen molar-refractivity contribution in [3.63, 3.8) is 0 Å². The molecule has 0 bridgehead atoms. The van der Waals surface area contributed by atoms with Crippen molar-refractivity contribution in [3.8, 4) is 10.7 Å². The lowest BCUT2D eigenvalue weighted by molar-refractivity contribution is -0.116. The molecule has 1 aromatic carbocycles. The smallest absolute Gasteiger partial charge is 0.244 e. The molecule has 124 valence electrons. The molecule has 3 aromatic rings. The van der Waals surface area contributed by atoms with Gasteiger partial charge in [0, 0.05) is 17.3 Å². The van der Waals surface area contributed by atoms with Crippen molar-refractivity contribution >= 4 is 22.9 Å². The zero-order valence-corrected chi connectivity index (χ0v) is 14.9. The van der Waals surface area contributed by atoms with Crippen LogP contribution in [0.3, 0.4) is 0 Å². The number of nitrogens with one attached hydrogen (secondary N) is 1. The zero-order valence-electron chi connectivity index (χ0n) is 14.0. The van der Waals surface area contributed by atoms with Crippen LogP contribution in [0.4, 0.5) is 5.69 Å². The molecule has 6 heteroatoms. The van der Waals surface area contributed by atoms with Gasteiger partial charge in [-0.15, -0.1) is 11.3 Å². The highest BCUT2D eigenvalue weighted by Gasteiger charge is 2.09. The summed E-state index contributed by atoms with van der Waals surface area (Å²) in [5.41, 5.74) is 5.06. The third kappa shape index (κ3) is 3.71. The third-order valence-electron chi connectivity index (χ3n) is 3.88. The predicted octanol–water partition coefficient (Wildman–Crippen LogP) is 3.82. The Labute approximate surface area is 145 Å². The number of rotatable bonds is 5. The van der Waals surface area contributed by atoms with Crippen molar-refractivity contribution in [2.24, 2.45) is 0 Å². The Bertz CT molecular complexity index is 866. The first kappa shape index (κ1) is 16.4. The van der Waals surface area contributed by atoms with E-state index in [1.165, 1.54) is 5.56 Å². The lowest BCUT2D eigenvalue weighted by Crippen LogP contribution is -2.17. The lowest BCUT2D eigenvalue weighted by Gasteiger charge is -2.08. The van der Waals surface area contributed by atoms with Crippen molar-refractivity contribution in [2.75, 3.05) is 5.32 Å². The molecule has 5 nitrogen and oxygen atoms in total. The molecule has 1 amide bonds. The van der Waals surface area contributed by atoms with E-state index in [4.69, 9.17) is 0 Å². The molecule has 2 heterocycles. The van der Waals surface area contributed by atoms with E-state index in [2.05, 4.69) is 29.1 Å². The minimum Gasteiger partial charge on any atom is -0.327 e. The summed E-state index contributed by atoms with van der Waals surface area (Å²) in [6.07, 6.45) is 4.44. The van der Waals surface area contributed by atoms with Gasteiger partial charge in [0.1, 0.15) is 17.2 Å². The Morgan fingerprint density at radius 1 is 1.29 bits per heavy atom. The number of aryl methyl sites for hydroxylation is 3. The number of nitrogens with zero attached hydrogens (tertiary/aromatic N) is 3. The molecule has 0 atom stereocenters. The van der Waals surface area contributed by atoms with Crippen molar-refractivity contribution in [1.82, 2.24) is 14.5 Å². The van der Waals surface area contributed by atoms with E-state index in [-0.39, 0.29) is 12.5 Å². The monoisotopic (exact) mass is 340 g/mol. The summed E-state index contributed by atoms with van der Waals surface area (Å²) in [5, 5.41) is 5.85. The number of benzene rings is 1. The molecule has 2 aromatic heterocycles. The first-order valence-corrected chi connectivity index (χ1v) is 8.76. The van der Waals surface area contributed by atoms with Crippen LogP contribution in [0.15, 0.2) is 36.1 Å². The highest BCUT2D eigenvalue weighted by Crippen LogP contribution is 2.22. The summed E-state index contributed by atoms with van der Waals surface area (Å²) < 4.78 is 1.78. The first-order valence-electron chi connectivity index (χ1n) is 7.89. The van der Waals surface area contributed by atoms with E-state index >= 15 is 0 Å². The number of carbonyl (C=O) groups is 1. The molecule has 24 heavy (non-hydrogen) atoms. The Hall–Kier alpha value is -2.47. The second-order valence-corrected chi connectivity index (χ2v) is 6.63. The minimum absolute atomic E-state index is 0.0735. The van der Waals surface area contributed by atoms with E-state index in [1.807, 2.05) is 36.7 Å². The fourth-order valence-corrected chi connectivity index (χ4v) is 3.19. The first-order chi connectivity index (χ1) is 11.5. The van der Waals surface area contributed by atoms with Crippen molar-refractivity contribution in [1.29, 1.82) is 0 Å². The predicted molar refractivity (Wildman–Crippen MR) is 97.3 cm³/mol. The van der Waals surface area contributed by atoms with Gasteiger partial charge in [-0.25, -0.2) is 9.97 Å². The summed E-state index contributed by atoms with van der Waals surface area (Å²) in [4.78, 5) is 21.1. The molecule has 3 rings (SSSR count). The Balaban J connectivity index is 1.65. The number of thiazole rings is 1. The van der Waals surface area contributed by atoms with Crippen LogP contribution >= 0.6 is 11.3 Å². The quantitative estimate of drug-likeness (QED) is 0.768. The van der Waals surface area contributed by atoms with Crippen LogP contribution in [0.2, 0.25) is 0 Å². The van der Waals surface area contributed by atoms with Crippen molar-refractivity contribution < 1.29 is 4.79 Å². The van der Waals surface area contributed by atoms with Gasteiger partial charge in [0.2, 0.25) is 5.91 Å². The Morgan fingerprint density at radius 2 is 2.12 bits per heavy atom. The lowest BCUT2D eigenvalue weighted by atomic mass is 10.1. The maximum atomic E-state index is 12.2. The Kier molecular flexibility index (Phi) is 4.76. The molecule has 0 fully saturated rings. The number of hydrogen-bond acceptors (Lipinski definition) is 4. The third-order valence-corrected chi connectivity index (χ3v) is 4.80. The SMILES string of the molecule is CCc1csc(-c2cn(CC(=O)Nc3ccc(C)c(C)c3)cn2)n1. The largest absolute Gasteiger partial charge is 0.327 e. The van der Waals surface area contributed by atoms with Crippen LogP contribution in [0, 0.1) is 13.8 Å². The van der Waals surface area contributed by atoms with Gasteiger partial charge in [-0.1, -0.05) is 13.0 Å². The van der Waals surface area contributed by atoms with Crippen LogP contribution in [0.5, 0.6) is 0 Å². The molecule has 0 spiro atoms. The van der Waals surface area contributed by atoms with E-state index in [9.17, 15) is 4.79 Å². The summed E-state index contributed by atoms with van der Waals surface area (Å²) in [6.45, 7) is 6.39. The number of aromatic nitrogens is 3. The van der Waals surface area contributed by atoms with Gasteiger partial charge < -0.3 is 9.88 Å². The standard InChI is InChI=1S/C18H20N4OS/c1-4-14-10-24-18(21-14)16-8-22(11-19-16)9-17(23)20-15-6-5-12(2)13(3)7-15/h5-8,10-11H,4,9H2,1-3H3,(H,20,23). The molecule has 0 unspecified atom stereocenters. The maximum Gasteiger partial charge on any atom is 0.244 e. The van der Waals surface area contributed by atoms with Crippen LogP contribution in [0.25, 0.3) is 10.7 Å². The van der Waals surface area contributed by atoms with Gasteiger partial charge in [-0.05, 0) is 43.5 Å². The number of carbonyl (C=O) groups excluding carboxylic acids is 1. The van der Waals surface area contributed by atoms with Crippen LogP contribution in [-0.4, -0.2) is 20.4 Å². The molecule has 0 aliphatic heterocycles. The molecule has 0 aliphatic carbocycles. The van der Waals surface area contributed by atoms with Crippen LogP contribution < -0.4 is 5.32 Å². The van der Waals surface area contributed by atoms with Gasteiger partial charge in [-0.2, -0.15) is 0 Å². The highest BCUT2D eigenvalue weighted by molar-refractivity contribution is 7.13. The minimum atomic E-state index is -0.0735. The number of anilines is 1. The second kappa shape index (κ2) is 6.97. The normalized spacial score (nSPS) is 10.8. The fraction of sp³-hybridized carbons (Fsp3) is 0.278. The van der Waals surface area contributed by atoms with Gasteiger partial charge in [0.15, 0.2) is 0 Å². The Morgan fingerprint density at radius 3 is 2.83 bits per heavy atom. The molecular weight excluding hydrogens is 320 g/mol. The van der Waals surface area contributed by atoms with Crippen molar-refractivity contribution in [2.45, 2.75) is 33.7 Å². The number of hydrogen-bond donors (Lipinski definition) is 1. The number of amides is 1. The van der Waals surface area contributed by atoms with Gasteiger partial charge in [0.05, 0.1) is 12.0 Å². The molecule has 1 N–H and O–H groups in total. The molecular formula is C18H20N4OS. The van der Waals surface area contributed by atoms with E-state index in [1.54, 1.807) is 22.2 Å². The fourth-order valence-electron chi connectivity index (χ4n) is 2.33.